The molecule has 2 aliphatic rings. The zero-order valence-electron chi connectivity index (χ0n) is 12.1. The zero-order chi connectivity index (χ0) is 13.0. The van der Waals surface area contributed by atoms with E-state index in [9.17, 15) is 4.79 Å². The van der Waals surface area contributed by atoms with Crippen LogP contribution >= 0.6 is 0 Å². The monoisotopic (exact) mass is 251 g/mol. The summed E-state index contributed by atoms with van der Waals surface area (Å²) in [6.45, 7) is 5.25. The van der Waals surface area contributed by atoms with E-state index in [1.165, 1.54) is 44.9 Å². The van der Waals surface area contributed by atoms with Crippen molar-refractivity contribution in [3.8, 4) is 0 Å². The van der Waals surface area contributed by atoms with Gasteiger partial charge in [-0.25, -0.2) is 0 Å². The van der Waals surface area contributed by atoms with Crippen LogP contribution in [0.15, 0.2) is 0 Å². The van der Waals surface area contributed by atoms with E-state index >= 15 is 0 Å². The Balaban J connectivity index is 2.17. The molecule has 1 aliphatic carbocycles. The maximum Gasteiger partial charge on any atom is 0.146 e. The molecule has 2 heteroatoms. The van der Waals surface area contributed by atoms with Gasteiger partial charge in [0, 0.05) is 12.0 Å². The lowest BCUT2D eigenvalue weighted by Crippen LogP contribution is -2.52. The van der Waals surface area contributed by atoms with Crippen LogP contribution in [0.2, 0.25) is 0 Å². The highest BCUT2D eigenvalue weighted by Crippen LogP contribution is 2.40. The molecule has 1 heterocycles. The largest absolute Gasteiger partial charge is 0.304 e. The molecule has 0 aromatic carbocycles. The van der Waals surface area contributed by atoms with Gasteiger partial charge >= 0.3 is 0 Å². The Hall–Kier alpha value is -0.370. The van der Waals surface area contributed by atoms with Crippen LogP contribution in [-0.4, -0.2) is 17.9 Å². The van der Waals surface area contributed by atoms with Crippen molar-refractivity contribution in [3.63, 3.8) is 0 Å². The summed E-state index contributed by atoms with van der Waals surface area (Å²) in [5, 5.41) is 3.68. The maximum atomic E-state index is 11.9. The van der Waals surface area contributed by atoms with E-state index in [1.807, 2.05) is 0 Å². The van der Waals surface area contributed by atoms with E-state index in [0.29, 0.717) is 24.2 Å². The molecule has 1 aliphatic heterocycles. The lowest BCUT2D eigenvalue weighted by molar-refractivity contribution is -0.118. The number of Topliss-reactive ketones (excluding diaryl/α,β-unsaturated/α-hetero) is 1. The molecule has 2 fully saturated rings. The first kappa shape index (κ1) is 14.0. The van der Waals surface area contributed by atoms with Gasteiger partial charge in [0.05, 0.1) is 6.54 Å². The van der Waals surface area contributed by atoms with Gasteiger partial charge in [-0.3, -0.25) is 4.79 Å². The third-order valence-electron chi connectivity index (χ3n) is 5.48. The zero-order valence-corrected chi connectivity index (χ0v) is 12.1. The summed E-state index contributed by atoms with van der Waals surface area (Å²) in [5.41, 5.74) is 0.257. The van der Waals surface area contributed by atoms with Crippen molar-refractivity contribution in [2.75, 3.05) is 6.54 Å². The van der Waals surface area contributed by atoms with E-state index in [4.69, 9.17) is 0 Å². The van der Waals surface area contributed by atoms with Crippen LogP contribution in [0.5, 0.6) is 0 Å². The van der Waals surface area contributed by atoms with Gasteiger partial charge in [0.2, 0.25) is 0 Å². The number of hydrogen-bond donors (Lipinski definition) is 1. The molecule has 0 amide bonds. The van der Waals surface area contributed by atoms with E-state index in [2.05, 4.69) is 19.2 Å². The normalized spacial score (nSPS) is 33.8. The van der Waals surface area contributed by atoms with Crippen molar-refractivity contribution in [1.29, 1.82) is 0 Å². The molecular formula is C16H29NO. The Labute approximate surface area is 112 Å². The summed E-state index contributed by atoms with van der Waals surface area (Å²) in [6, 6.07) is 0. The molecule has 2 nitrogen and oxygen atoms in total. The minimum absolute atomic E-state index is 0.257. The number of nitrogens with one attached hydrogen (secondary N) is 1. The van der Waals surface area contributed by atoms with Crippen molar-refractivity contribution >= 4 is 5.78 Å². The van der Waals surface area contributed by atoms with Crippen LogP contribution in [0.4, 0.5) is 0 Å². The summed E-state index contributed by atoms with van der Waals surface area (Å²) in [6.07, 6.45) is 11.3. The van der Waals surface area contributed by atoms with Gasteiger partial charge in [-0.05, 0) is 24.7 Å². The molecule has 104 valence electrons. The molecule has 18 heavy (non-hydrogen) atoms. The van der Waals surface area contributed by atoms with Crippen molar-refractivity contribution in [3.05, 3.63) is 0 Å². The molecular weight excluding hydrogens is 222 g/mol. The first-order chi connectivity index (χ1) is 8.68. The molecule has 2 atom stereocenters. The third-order valence-corrected chi connectivity index (χ3v) is 5.48. The van der Waals surface area contributed by atoms with Crippen molar-refractivity contribution in [2.45, 2.75) is 77.2 Å². The highest BCUT2D eigenvalue weighted by atomic mass is 16.1. The van der Waals surface area contributed by atoms with Gasteiger partial charge in [0.15, 0.2) is 0 Å². The fourth-order valence-electron chi connectivity index (χ4n) is 4.09. The number of carbonyl (C=O) groups excluding carboxylic acids is 1. The minimum atomic E-state index is 0.257. The highest BCUT2D eigenvalue weighted by molar-refractivity contribution is 5.81. The second kappa shape index (κ2) is 6.18. The minimum Gasteiger partial charge on any atom is -0.304 e. The fourth-order valence-corrected chi connectivity index (χ4v) is 4.09. The number of ketones is 1. The SMILES string of the molecule is CCC1CC(=O)CNC2(CCCCCCC2)C1C. The molecule has 0 aromatic rings. The molecule has 1 saturated heterocycles. The Morgan fingerprint density at radius 3 is 2.39 bits per heavy atom. The van der Waals surface area contributed by atoms with E-state index in [0.717, 1.165) is 12.8 Å². The van der Waals surface area contributed by atoms with Crippen LogP contribution in [-0.2, 0) is 4.79 Å². The van der Waals surface area contributed by atoms with Crippen molar-refractivity contribution < 1.29 is 4.79 Å². The van der Waals surface area contributed by atoms with Gasteiger partial charge in [0.1, 0.15) is 5.78 Å². The van der Waals surface area contributed by atoms with Crippen LogP contribution < -0.4 is 5.32 Å². The van der Waals surface area contributed by atoms with Crippen molar-refractivity contribution in [2.24, 2.45) is 11.8 Å². The first-order valence-corrected chi connectivity index (χ1v) is 7.94. The Morgan fingerprint density at radius 1 is 1.17 bits per heavy atom. The smallest absolute Gasteiger partial charge is 0.146 e. The van der Waals surface area contributed by atoms with E-state index in [-0.39, 0.29) is 5.54 Å². The predicted octanol–water partition coefficient (Wildman–Crippen LogP) is 3.69. The molecule has 0 radical (unpaired) electrons. The van der Waals surface area contributed by atoms with Crippen molar-refractivity contribution in [1.82, 2.24) is 5.32 Å². The summed E-state index contributed by atoms with van der Waals surface area (Å²) < 4.78 is 0. The molecule has 0 bridgehead atoms. The first-order valence-electron chi connectivity index (χ1n) is 7.94. The molecule has 1 spiro atoms. The quantitative estimate of drug-likeness (QED) is 0.770. The fraction of sp³-hybridized carbons (Fsp3) is 0.938. The summed E-state index contributed by atoms with van der Waals surface area (Å²) in [4.78, 5) is 11.9. The average molecular weight is 251 g/mol. The predicted molar refractivity (Wildman–Crippen MR) is 75.6 cm³/mol. The number of carbonyl (C=O) groups is 1. The molecule has 2 unspecified atom stereocenters. The van der Waals surface area contributed by atoms with Crippen LogP contribution in [0, 0.1) is 11.8 Å². The van der Waals surface area contributed by atoms with Gasteiger partial charge in [0.25, 0.3) is 0 Å². The Morgan fingerprint density at radius 2 is 1.78 bits per heavy atom. The van der Waals surface area contributed by atoms with Gasteiger partial charge in [-0.1, -0.05) is 52.4 Å². The van der Waals surface area contributed by atoms with Gasteiger partial charge in [-0.15, -0.1) is 0 Å². The Bertz CT molecular complexity index is 279. The number of hydrogen-bond acceptors (Lipinski definition) is 2. The second-order valence-electron chi connectivity index (χ2n) is 6.48. The molecule has 1 N–H and O–H groups in total. The molecule has 0 aromatic heterocycles. The second-order valence-corrected chi connectivity index (χ2v) is 6.48. The van der Waals surface area contributed by atoms with Crippen LogP contribution in [0.1, 0.15) is 71.6 Å². The standard InChI is InChI=1S/C16H29NO/c1-3-14-11-15(18)12-17-16(13(14)2)9-7-5-4-6-8-10-16/h13-14,17H,3-12H2,1-2H3. The van der Waals surface area contributed by atoms with Crippen LogP contribution in [0.3, 0.4) is 0 Å². The van der Waals surface area contributed by atoms with E-state index < -0.39 is 0 Å². The third kappa shape index (κ3) is 2.96. The van der Waals surface area contributed by atoms with Gasteiger partial charge in [-0.2, -0.15) is 0 Å². The molecule has 2 rings (SSSR count). The van der Waals surface area contributed by atoms with Gasteiger partial charge < -0.3 is 5.32 Å². The highest BCUT2D eigenvalue weighted by Gasteiger charge is 2.41. The van der Waals surface area contributed by atoms with E-state index in [1.54, 1.807) is 0 Å². The summed E-state index contributed by atoms with van der Waals surface area (Å²) >= 11 is 0. The lowest BCUT2D eigenvalue weighted by Gasteiger charge is -2.43. The Kier molecular flexibility index (Phi) is 4.83. The maximum absolute atomic E-state index is 11.9. The summed E-state index contributed by atoms with van der Waals surface area (Å²) in [7, 11) is 0. The summed E-state index contributed by atoms with van der Waals surface area (Å²) in [5.74, 6) is 1.66. The lowest BCUT2D eigenvalue weighted by atomic mass is 9.69. The van der Waals surface area contributed by atoms with Crippen LogP contribution in [0.25, 0.3) is 0 Å². The molecule has 1 saturated carbocycles. The number of rotatable bonds is 1. The topological polar surface area (TPSA) is 29.1 Å². The average Bonchev–Trinajstić information content (AvgIpc) is 2.45.